The Morgan fingerprint density at radius 2 is 0.762 bits per heavy atom. The predicted octanol–water partition coefficient (Wildman–Crippen LogP) is 19.7. The standard InChI is InChI=1S/C66H98O12P2/c1-19-20-21-22-23-24-25-26-27-28-29-30-31-32-33-71-56-42-72-57(43(2)73-79-74-58-48(34-44(67-15)38-52(58)63(3,4)5)49-35-45(68-16)39-53(59(49)75-79)64(6,7)8)62(56)78-80-76-60-50(36-46(69-17)40-54(60)65(9,10)11)51-37-47(70-18)41-55(61(51)77-80)66(12,13)14/h34-41,43,56-57,62H,19-33,42H2,1-18H3/t43?,56-,57+,62+/m0/s1. The minimum absolute atomic E-state index is 0.278. The highest BCUT2D eigenvalue weighted by atomic mass is 31.1. The quantitative estimate of drug-likeness (QED) is 0.0507. The lowest BCUT2D eigenvalue weighted by molar-refractivity contribution is -0.00825. The van der Waals surface area contributed by atoms with Crippen LogP contribution in [-0.4, -0.2) is 66.1 Å². The largest absolute Gasteiger partial charge is 0.497 e. The molecule has 2 aromatic heterocycles. The van der Waals surface area contributed by atoms with Gasteiger partial charge >= 0.3 is 16.5 Å². The average molecular weight is 1150 g/mol. The molecular weight excluding hydrogens is 1050 g/mol. The summed E-state index contributed by atoms with van der Waals surface area (Å²) < 4.78 is 80.5. The fourth-order valence-corrected chi connectivity index (χ4v) is 13.3. The zero-order valence-electron chi connectivity index (χ0n) is 52.0. The van der Waals surface area contributed by atoms with E-state index < -0.39 is 40.9 Å². The topological polar surface area (TPSA) is 126 Å². The summed E-state index contributed by atoms with van der Waals surface area (Å²) >= 11 is 0. The molecule has 0 saturated carbocycles. The molecule has 0 radical (unpaired) electrons. The van der Waals surface area contributed by atoms with Gasteiger partial charge in [-0.1, -0.05) is 173 Å². The maximum Gasteiger partial charge on any atom is 0.387 e. The van der Waals surface area contributed by atoms with Crippen LogP contribution in [0, 0.1) is 0 Å². The molecule has 0 bridgehead atoms. The summed E-state index contributed by atoms with van der Waals surface area (Å²) in [5.74, 6) is 2.84. The highest BCUT2D eigenvalue weighted by Crippen LogP contribution is 2.48. The second-order valence-electron chi connectivity index (χ2n) is 26.2. The monoisotopic (exact) mass is 1140 g/mol. The first-order chi connectivity index (χ1) is 37.9. The maximum absolute atomic E-state index is 7.35. The van der Waals surface area contributed by atoms with Gasteiger partial charge in [0.25, 0.3) is 0 Å². The van der Waals surface area contributed by atoms with Crippen LogP contribution in [-0.2, 0) is 31.1 Å². The first-order valence-corrected chi connectivity index (χ1v) is 31.9. The summed E-state index contributed by atoms with van der Waals surface area (Å²) in [6.45, 7) is 31.2. The Labute approximate surface area is 480 Å². The summed E-state index contributed by atoms with van der Waals surface area (Å²) in [6.07, 6.45) is 15.5. The van der Waals surface area contributed by atoms with E-state index in [4.69, 9.17) is 54.3 Å². The SMILES string of the molecule is CCCCCCCCCCCCCCCCO[C@H]1CO[C@H](C(C)Op2oc3c(C(C)(C)C)cc(OC)cc3c3cc(OC)cc(C(C)(C)C)c3o2)[C@@H]1Op1oc2c(C(C)(C)C)cc(OC)cc2c2cc(OC)cc(C(C)(C)C)c2o1. The van der Waals surface area contributed by atoms with Gasteiger partial charge < -0.3 is 45.2 Å². The average Bonchev–Trinajstić information content (AvgIpc) is 3.88. The van der Waals surface area contributed by atoms with Crippen molar-refractivity contribution in [3.63, 3.8) is 0 Å². The molecule has 0 N–H and O–H groups in total. The number of rotatable bonds is 25. The van der Waals surface area contributed by atoms with Crippen molar-refractivity contribution in [2.75, 3.05) is 41.7 Å². The Kier molecular flexibility index (Phi) is 21.7. The number of fused-ring (bicyclic) bond motifs is 6. The second-order valence-corrected chi connectivity index (χ2v) is 28.2. The van der Waals surface area contributed by atoms with Crippen LogP contribution in [0.15, 0.2) is 65.3 Å². The number of hydrogen-bond acceptors (Lipinski definition) is 12. The van der Waals surface area contributed by atoms with Crippen molar-refractivity contribution >= 4 is 60.4 Å². The molecule has 3 heterocycles. The predicted molar refractivity (Wildman–Crippen MR) is 330 cm³/mol. The Morgan fingerprint density at radius 3 is 1.07 bits per heavy atom. The van der Waals surface area contributed by atoms with Crippen molar-refractivity contribution in [1.82, 2.24) is 0 Å². The molecule has 1 unspecified atom stereocenters. The van der Waals surface area contributed by atoms with Crippen LogP contribution in [0.25, 0.3) is 43.9 Å². The Morgan fingerprint density at radius 1 is 0.450 bits per heavy atom. The van der Waals surface area contributed by atoms with Gasteiger partial charge in [0.2, 0.25) is 0 Å². The third-order valence-electron chi connectivity index (χ3n) is 15.6. The van der Waals surface area contributed by atoms with E-state index in [1.165, 1.54) is 77.0 Å². The normalized spacial score (nSPS) is 16.8. The van der Waals surface area contributed by atoms with Crippen molar-refractivity contribution in [3.8, 4) is 23.0 Å². The third-order valence-corrected chi connectivity index (χ3v) is 17.8. The summed E-state index contributed by atoms with van der Waals surface area (Å²) in [5, 5.41) is 3.31. The lowest BCUT2D eigenvalue weighted by Crippen LogP contribution is -2.44. The molecule has 444 valence electrons. The molecule has 4 atom stereocenters. The minimum Gasteiger partial charge on any atom is -0.497 e. The zero-order valence-corrected chi connectivity index (χ0v) is 53.8. The molecule has 1 saturated heterocycles. The van der Waals surface area contributed by atoms with Crippen molar-refractivity contribution in [1.29, 1.82) is 0 Å². The molecule has 7 rings (SSSR count). The molecule has 4 aromatic carbocycles. The molecule has 0 aliphatic carbocycles. The molecule has 6 aromatic rings. The minimum atomic E-state index is -2.17. The Hall–Kier alpha value is -4.28. The molecule has 80 heavy (non-hydrogen) atoms. The highest BCUT2D eigenvalue weighted by molar-refractivity contribution is 7.32. The van der Waals surface area contributed by atoms with Gasteiger partial charge in [-0.15, -0.1) is 0 Å². The van der Waals surface area contributed by atoms with Crippen LogP contribution in [0.2, 0.25) is 0 Å². The Bertz CT molecular complexity index is 2910. The van der Waals surface area contributed by atoms with Gasteiger partial charge in [0.1, 0.15) is 63.6 Å². The van der Waals surface area contributed by atoms with Crippen LogP contribution >= 0.6 is 16.5 Å². The second kappa shape index (κ2) is 27.4. The van der Waals surface area contributed by atoms with Gasteiger partial charge in [-0.05, 0) is 83.5 Å². The summed E-state index contributed by atoms with van der Waals surface area (Å²) in [5.41, 5.74) is 5.05. The van der Waals surface area contributed by atoms with E-state index in [1.807, 2.05) is 43.3 Å². The Balaban J connectivity index is 1.29. The first kappa shape index (κ1) is 63.3. The molecule has 1 aliphatic heterocycles. The van der Waals surface area contributed by atoms with Crippen molar-refractivity contribution in [2.24, 2.45) is 0 Å². The maximum atomic E-state index is 7.35. The lowest BCUT2D eigenvalue weighted by atomic mass is 9.84. The van der Waals surface area contributed by atoms with Gasteiger partial charge in [0, 0.05) is 50.4 Å². The fraction of sp³-hybridized carbons (Fsp3) is 0.636. The molecule has 1 aliphatic rings. The van der Waals surface area contributed by atoms with Gasteiger partial charge in [0.15, 0.2) is 0 Å². The number of unbranched alkanes of at least 4 members (excludes halogenated alkanes) is 13. The molecule has 1 fully saturated rings. The van der Waals surface area contributed by atoms with Crippen LogP contribution in [0.5, 0.6) is 23.0 Å². The molecule has 0 amide bonds. The smallest absolute Gasteiger partial charge is 0.387 e. The van der Waals surface area contributed by atoms with E-state index in [-0.39, 0.29) is 28.3 Å². The zero-order chi connectivity index (χ0) is 58.2. The summed E-state index contributed by atoms with van der Waals surface area (Å²) in [6, 6.07) is 16.3. The molecule has 14 heteroatoms. The highest BCUT2D eigenvalue weighted by Gasteiger charge is 2.45. The number of ether oxygens (including phenoxy) is 6. The van der Waals surface area contributed by atoms with Crippen molar-refractivity contribution in [2.45, 2.75) is 233 Å². The lowest BCUT2D eigenvalue weighted by Gasteiger charge is -2.25. The van der Waals surface area contributed by atoms with Crippen LogP contribution in [0.1, 0.15) is 209 Å². The third kappa shape index (κ3) is 15.7. The van der Waals surface area contributed by atoms with E-state index in [2.05, 4.69) is 102 Å². The summed E-state index contributed by atoms with van der Waals surface area (Å²) in [4.78, 5) is 0. The van der Waals surface area contributed by atoms with E-state index in [1.54, 1.807) is 28.4 Å². The number of benzene rings is 4. The molecular formula is C66H98O12P2. The van der Waals surface area contributed by atoms with Gasteiger partial charge in [-0.3, -0.25) is 9.05 Å². The van der Waals surface area contributed by atoms with Crippen molar-refractivity contribution in [3.05, 3.63) is 70.8 Å². The van der Waals surface area contributed by atoms with Crippen LogP contribution in [0.4, 0.5) is 0 Å². The molecule has 0 spiro atoms. The molecule has 12 nitrogen and oxygen atoms in total. The number of methoxy groups -OCH3 is 4. The van der Waals surface area contributed by atoms with E-state index in [0.29, 0.717) is 51.9 Å². The van der Waals surface area contributed by atoms with Crippen LogP contribution in [0.3, 0.4) is 0 Å². The van der Waals surface area contributed by atoms with Crippen LogP contribution < -0.4 is 28.0 Å². The number of hydrogen-bond donors (Lipinski definition) is 0. The first-order valence-electron chi connectivity index (χ1n) is 29.7. The van der Waals surface area contributed by atoms with E-state index in [0.717, 1.165) is 56.6 Å². The van der Waals surface area contributed by atoms with E-state index in [9.17, 15) is 0 Å². The van der Waals surface area contributed by atoms with Gasteiger partial charge in [0.05, 0.1) is 41.2 Å². The fourth-order valence-electron chi connectivity index (χ4n) is 10.8. The van der Waals surface area contributed by atoms with Gasteiger partial charge in [-0.2, -0.15) is 0 Å². The van der Waals surface area contributed by atoms with E-state index >= 15 is 0 Å². The van der Waals surface area contributed by atoms with Crippen molar-refractivity contribution < 1.29 is 54.3 Å². The van der Waals surface area contributed by atoms with Gasteiger partial charge in [-0.25, -0.2) is 0 Å². The summed E-state index contributed by atoms with van der Waals surface area (Å²) in [7, 11) is 2.48.